The average Bonchev–Trinajstić information content (AvgIpc) is 3.15. The summed E-state index contributed by atoms with van der Waals surface area (Å²) in [6.45, 7) is 3.28. The largest absolute Gasteiger partial charge is 0.383 e. The van der Waals surface area contributed by atoms with E-state index in [1.807, 2.05) is 18.2 Å². The summed E-state index contributed by atoms with van der Waals surface area (Å²) in [4.78, 5) is 4.65. The summed E-state index contributed by atoms with van der Waals surface area (Å²) in [6, 6.07) is 8.58. The van der Waals surface area contributed by atoms with Crippen LogP contribution in [0.25, 0.3) is 0 Å². The number of nitrogens with one attached hydrogen (secondary N) is 2. The topological polar surface area (TPSA) is 56.7 Å². The Morgan fingerprint density at radius 1 is 1.30 bits per heavy atom. The smallest absolute Gasteiger partial charge is 0.191 e. The molecule has 1 unspecified atom stereocenters. The number of hydrogen-bond acceptors (Lipinski definition) is 2. The average molecular weight is 427 g/mol. The summed E-state index contributed by atoms with van der Waals surface area (Å²) in [6.07, 6.45) is 8.15. The van der Waals surface area contributed by atoms with E-state index in [-0.39, 0.29) is 24.0 Å². The highest BCUT2D eigenvalue weighted by Gasteiger charge is 2.36. The summed E-state index contributed by atoms with van der Waals surface area (Å²) in [5.41, 5.74) is 1.46. The molecule has 1 aromatic carbocycles. The van der Waals surface area contributed by atoms with E-state index >= 15 is 0 Å². The first-order valence-corrected chi connectivity index (χ1v) is 8.22. The third kappa shape index (κ3) is 4.26. The lowest BCUT2D eigenvalue weighted by Gasteiger charge is -2.23. The maximum atomic E-state index is 10.9. The minimum atomic E-state index is -0.827. The molecular weight excluding hydrogens is 401 g/mol. The van der Waals surface area contributed by atoms with Crippen molar-refractivity contribution in [2.24, 2.45) is 4.99 Å². The van der Waals surface area contributed by atoms with E-state index in [1.165, 1.54) is 5.56 Å². The van der Waals surface area contributed by atoms with Crippen molar-refractivity contribution in [3.8, 4) is 0 Å². The number of aryl methyl sites for hydroxylation is 1. The van der Waals surface area contributed by atoms with E-state index in [9.17, 15) is 5.11 Å². The molecule has 2 aliphatic carbocycles. The number of guanidine groups is 1. The second-order valence-corrected chi connectivity index (χ2v) is 6.17. The van der Waals surface area contributed by atoms with Crippen molar-refractivity contribution in [1.29, 1.82) is 0 Å². The van der Waals surface area contributed by atoms with Crippen molar-refractivity contribution in [3.05, 3.63) is 47.5 Å². The molecule has 2 aliphatic rings. The van der Waals surface area contributed by atoms with E-state index in [1.54, 1.807) is 0 Å². The van der Waals surface area contributed by atoms with Crippen LogP contribution < -0.4 is 10.6 Å². The fourth-order valence-corrected chi connectivity index (χ4v) is 3.29. The van der Waals surface area contributed by atoms with Gasteiger partial charge < -0.3 is 15.7 Å². The number of aliphatic hydroxyl groups is 1. The second-order valence-electron chi connectivity index (χ2n) is 6.17. The highest BCUT2D eigenvalue weighted by molar-refractivity contribution is 14.0. The van der Waals surface area contributed by atoms with Gasteiger partial charge in [0.15, 0.2) is 5.96 Å². The molecule has 0 amide bonds. The van der Waals surface area contributed by atoms with Crippen LogP contribution in [0.3, 0.4) is 0 Å². The molecule has 0 bridgehead atoms. The number of fused-ring (bicyclic) bond motifs is 1. The molecule has 3 N–H and O–H groups in total. The molecule has 23 heavy (non-hydrogen) atoms. The van der Waals surface area contributed by atoms with E-state index in [0.29, 0.717) is 12.6 Å². The van der Waals surface area contributed by atoms with Gasteiger partial charge in [0.25, 0.3) is 0 Å². The van der Waals surface area contributed by atoms with Gasteiger partial charge in [0.05, 0.1) is 6.54 Å². The number of aliphatic imine (C=N–C) groups is 1. The summed E-state index contributed by atoms with van der Waals surface area (Å²) >= 11 is 0. The Bertz CT molecular complexity index is 579. The highest BCUT2D eigenvalue weighted by Crippen LogP contribution is 2.36. The number of benzene rings is 1. The van der Waals surface area contributed by atoms with Gasteiger partial charge in [0, 0.05) is 12.6 Å². The van der Waals surface area contributed by atoms with Gasteiger partial charge in [0.1, 0.15) is 5.60 Å². The van der Waals surface area contributed by atoms with Crippen LogP contribution in [-0.2, 0) is 12.0 Å². The third-order valence-electron chi connectivity index (χ3n) is 4.52. The predicted molar refractivity (Wildman–Crippen MR) is 105 cm³/mol. The van der Waals surface area contributed by atoms with Crippen molar-refractivity contribution in [1.82, 2.24) is 10.6 Å². The van der Waals surface area contributed by atoms with Gasteiger partial charge in [-0.15, -0.1) is 24.0 Å². The number of nitrogens with zero attached hydrogens (tertiary/aromatic N) is 1. The molecule has 5 heteroatoms. The van der Waals surface area contributed by atoms with E-state index in [2.05, 4.69) is 40.8 Å². The lowest BCUT2D eigenvalue weighted by Crippen LogP contribution is -2.43. The molecule has 0 fully saturated rings. The van der Waals surface area contributed by atoms with Gasteiger partial charge in [-0.25, -0.2) is 4.99 Å². The Balaban J connectivity index is 0.00000192. The number of rotatable bonds is 4. The Morgan fingerprint density at radius 2 is 2.04 bits per heavy atom. The first-order valence-electron chi connectivity index (χ1n) is 8.22. The lowest BCUT2D eigenvalue weighted by molar-refractivity contribution is 0.0485. The quantitative estimate of drug-likeness (QED) is 0.300. The monoisotopic (exact) mass is 427 g/mol. The minimum absolute atomic E-state index is 0. The molecule has 0 saturated carbocycles. The maximum Gasteiger partial charge on any atom is 0.191 e. The highest BCUT2D eigenvalue weighted by atomic mass is 127. The van der Waals surface area contributed by atoms with Crippen LogP contribution in [0.5, 0.6) is 0 Å². The van der Waals surface area contributed by atoms with Crippen LogP contribution in [0.4, 0.5) is 0 Å². The molecule has 0 aromatic heterocycles. The Morgan fingerprint density at radius 3 is 2.78 bits per heavy atom. The van der Waals surface area contributed by atoms with Gasteiger partial charge in [-0.1, -0.05) is 36.4 Å². The van der Waals surface area contributed by atoms with Crippen LogP contribution >= 0.6 is 24.0 Å². The van der Waals surface area contributed by atoms with Gasteiger partial charge in [-0.05, 0) is 43.7 Å². The van der Waals surface area contributed by atoms with Gasteiger partial charge >= 0.3 is 0 Å². The van der Waals surface area contributed by atoms with Crippen molar-refractivity contribution in [2.45, 2.75) is 44.2 Å². The number of hydrogen-bond donors (Lipinski definition) is 3. The van der Waals surface area contributed by atoms with Gasteiger partial charge in [-0.2, -0.15) is 0 Å². The first kappa shape index (κ1) is 18.3. The SMILES string of the molecule is CCNC(=NCC1(O)CCc2ccccc21)NC1CC=CC1.I. The summed E-state index contributed by atoms with van der Waals surface area (Å²) in [7, 11) is 0. The first-order chi connectivity index (χ1) is 10.7. The lowest BCUT2D eigenvalue weighted by atomic mass is 9.96. The fraction of sp³-hybridized carbons (Fsp3) is 0.500. The molecule has 0 aliphatic heterocycles. The third-order valence-corrected chi connectivity index (χ3v) is 4.52. The molecule has 1 aromatic rings. The van der Waals surface area contributed by atoms with Crippen LogP contribution in [0.15, 0.2) is 41.4 Å². The zero-order valence-electron chi connectivity index (χ0n) is 13.6. The Labute approximate surface area is 155 Å². The van der Waals surface area contributed by atoms with Crippen molar-refractivity contribution >= 4 is 29.9 Å². The zero-order chi connectivity index (χ0) is 15.4. The van der Waals surface area contributed by atoms with E-state index < -0.39 is 5.60 Å². The zero-order valence-corrected chi connectivity index (χ0v) is 15.9. The van der Waals surface area contributed by atoms with Crippen LogP contribution in [-0.4, -0.2) is 30.2 Å². The fourth-order valence-electron chi connectivity index (χ4n) is 3.29. The molecule has 1 atom stereocenters. The summed E-state index contributed by atoms with van der Waals surface area (Å²) < 4.78 is 0. The molecule has 0 spiro atoms. The van der Waals surface area contributed by atoms with Crippen molar-refractivity contribution < 1.29 is 5.11 Å². The summed E-state index contributed by atoms with van der Waals surface area (Å²) in [5, 5.41) is 17.7. The maximum absolute atomic E-state index is 10.9. The standard InChI is InChI=1S/C18H25N3O.HI/c1-2-19-17(21-15-8-4-5-9-15)20-13-18(22)12-11-14-7-3-6-10-16(14)18;/h3-7,10,15,22H,2,8-9,11-13H2,1H3,(H2,19,20,21);1H. The summed E-state index contributed by atoms with van der Waals surface area (Å²) in [5.74, 6) is 0.800. The van der Waals surface area contributed by atoms with E-state index in [0.717, 1.165) is 43.8 Å². The molecular formula is C18H26IN3O. The molecule has 0 radical (unpaired) electrons. The van der Waals surface area contributed by atoms with Gasteiger partial charge in [-0.3, -0.25) is 0 Å². The molecule has 0 saturated heterocycles. The molecule has 4 nitrogen and oxygen atoms in total. The second kappa shape index (κ2) is 8.15. The van der Waals surface area contributed by atoms with Crippen LogP contribution in [0, 0.1) is 0 Å². The van der Waals surface area contributed by atoms with Crippen molar-refractivity contribution in [2.75, 3.05) is 13.1 Å². The normalized spacial score (nSPS) is 23.5. The van der Waals surface area contributed by atoms with E-state index in [4.69, 9.17) is 0 Å². The predicted octanol–water partition coefficient (Wildman–Crippen LogP) is 2.71. The van der Waals surface area contributed by atoms with Crippen LogP contribution in [0.1, 0.15) is 37.3 Å². The number of halogens is 1. The van der Waals surface area contributed by atoms with Gasteiger partial charge in [0.2, 0.25) is 0 Å². The molecule has 0 heterocycles. The van der Waals surface area contributed by atoms with Crippen LogP contribution in [0.2, 0.25) is 0 Å². The van der Waals surface area contributed by atoms with Crippen molar-refractivity contribution in [3.63, 3.8) is 0 Å². The minimum Gasteiger partial charge on any atom is -0.383 e. The molecule has 3 rings (SSSR count). The Kier molecular flexibility index (Phi) is 6.47. The molecule has 126 valence electrons. The Hall–Kier alpha value is -1.08.